The van der Waals surface area contributed by atoms with Gasteiger partial charge in [-0.25, -0.2) is 13.4 Å². The van der Waals surface area contributed by atoms with Gasteiger partial charge in [-0.3, -0.25) is 0 Å². The van der Waals surface area contributed by atoms with Crippen molar-refractivity contribution in [3.8, 4) is 5.88 Å². The van der Waals surface area contributed by atoms with Gasteiger partial charge in [-0.2, -0.15) is 9.29 Å². The van der Waals surface area contributed by atoms with Crippen molar-refractivity contribution in [1.29, 1.82) is 0 Å². The van der Waals surface area contributed by atoms with E-state index < -0.39 is 10.0 Å². The van der Waals surface area contributed by atoms with E-state index in [4.69, 9.17) is 4.74 Å². The summed E-state index contributed by atoms with van der Waals surface area (Å²) in [6, 6.07) is 9.00. The molecule has 0 aliphatic carbocycles. The minimum Gasteiger partial charge on any atom is -0.473 e. The summed E-state index contributed by atoms with van der Waals surface area (Å²) in [4.78, 5) is 8.88. The van der Waals surface area contributed by atoms with Gasteiger partial charge in [0.05, 0.1) is 11.4 Å². The van der Waals surface area contributed by atoms with Gasteiger partial charge in [-0.15, -0.1) is 0 Å². The highest BCUT2D eigenvalue weighted by Crippen LogP contribution is 2.27. The summed E-state index contributed by atoms with van der Waals surface area (Å²) in [5.74, 6) is 1.15. The molecule has 2 aromatic rings. The number of benzene rings is 1. The van der Waals surface area contributed by atoms with Crippen LogP contribution < -0.4 is 4.74 Å². The monoisotopic (exact) mass is 403 g/mol. The summed E-state index contributed by atoms with van der Waals surface area (Å²) < 4.78 is 33.7. The van der Waals surface area contributed by atoms with Crippen molar-refractivity contribution in [2.45, 2.75) is 63.9 Å². The molecule has 0 amide bonds. The third-order valence-corrected chi connectivity index (χ3v) is 6.81. The summed E-state index contributed by atoms with van der Waals surface area (Å²) in [7, 11) is -3.55. The molecule has 152 valence electrons. The van der Waals surface area contributed by atoms with Crippen molar-refractivity contribution in [2.75, 3.05) is 13.1 Å². The molecule has 0 bridgehead atoms. The van der Waals surface area contributed by atoms with Crippen molar-refractivity contribution >= 4 is 10.0 Å². The summed E-state index contributed by atoms with van der Waals surface area (Å²) in [5, 5.41) is 0. The second-order valence-corrected chi connectivity index (χ2v) is 10.4. The number of piperidine rings is 1. The molecule has 0 spiro atoms. The third kappa shape index (κ3) is 4.70. The summed E-state index contributed by atoms with van der Waals surface area (Å²) in [6.07, 6.45) is 1.34. The first-order chi connectivity index (χ1) is 13.1. The van der Waals surface area contributed by atoms with Gasteiger partial charge >= 0.3 is 0 Å². The molecule has 1 fully saturated rings. The number of hydrogen-bond acceptors (Lipinski definition) is 5. The fraction of sp³-hybridized carbons (Fsp3) is 0.524. The molecule has 1 aliphatic rings. The van der Waals surface area contributed by atoms with E-state index in [0.29, 0.717) is 29.7 Å². The van der Waals surface area contributed by atoms with Gasteiger partial charge in [0.15, 0.2) is 0 Å². The lowest BCUT2D eigenvalue weighted by Gasteiger charge is -2.32. The van der Waals surface area contributed by atoms with Gasteiger partial charge in [0.1, 0.15) is 11.9 Å². The molecular weight excluding hydrogens is 374 g/mol. The predicted molar refractivity (Wildman–Crippen MR) is 109 cm³/mol. The molecule has 28 heavy (non-hydrogen) atoms. The number of ether oxygens (including phenoxy) is 1. The zero-order valence-corrected chi connectivity index (χ0v) is 18.1. The van der Waals surface area contributed by atoms with E-state index in [2.05, 4.69) is 30.7 Å². The van der Waals surface area contributed by atoms with Crippen molar-refractivity contribution in [1.82, 2.24) is 14.3 Å². The Morgan fingerprint density at radius 1 is 1.11 bits per heavy atom. The Balaban J connectivity index is 1.75. The van der Waals surface area contributed by atoms with E-state index in [1.54, 1.807) is 18.2 Å². The molecule has 1 aliphatic heterocycles. The Bertz CT molecular complexity index is 914. The number of rotatable bonds is 4. The minimum absolute atomic E-state index is 0.0137. The van der Waals surface area contributed by atoms with Crippen LogP contribution in [0.1, 0.15) is 50.7 Å². The van der Waals surface area contributed by atoms with Crippen LogP contribution in [0.3, 0.4) is 0 Å². The molecule has 6 nitrogen and oxygen atoms in total. The first kappa shape index (κ1) is 20.7. The lowest BCUT2D eigenvalue weighted by molar-refractivity contribution is 0.124. The zero-order chi connectivity index (χ0) is 20.5. The first-order valence-corrected chi connectivity index (χ1v) is 11.1. The Morgan fingerprint density at radius 2 is 1.79 bits per heavy atom. The minimum atomic E-state index is -3.55. The van der Waals surface area contributed by atoms with Gasteiger partial charge in [0, 0.05) is 18.3 Å². The molecule has 3 rings (SSSR count). The van der Waals surface area contributed by atoms with Crippen LogP contribution in [0.2, 0.25) is 0 Å². The maximum Gasteiger partial charge on any atom is 0.243 e. The molecule has 1 aromatic carbocycles. The molecule has 0 saturated carbocycles. The van der Waals surface area contributed by atoms with E-state index in [0.717, 1.165) is 24.1 Å². The lowest BCUT2D eigenvalue weighted by Crippen LogP contribution is -2.44. The number of aromatic nitrogens is 2. The molecule has 0 radical (unpaired) electrons. The maximum atomic E-state index is 13.1. The van der Waals surface area contributed by atoms with Crippen LogP contribution in [-0.2, 0) is 15.4 Å². The average Bonchev–Trinajstić information content (AvgIpc) is 2.60. The predicted octanol–water partition coefficient (Wildman–Crippen LogP) is 3.62. The second-order valence-electron chi connectivity index (χ2n) is 8.41. The van der Waals surface area contributed by atoms with Gasteiger partial charge in [0.2, 0.25) is 15.9 Å². The molecule has 1 unspecified atom stereocenters. The van der Waals surface area contributed by atoms with Crippen LogP contribution in [0, 0.1) is 13.8 Å². The fourth-order valence-electron chi connectivity index (χ4n) is 3.41. The van der Waals surface area contributed by atoms with Crippen LogP contribution in [0.4, 0.5) is 0 Å². The fourth-order valence-corrected chi connectivity index (χ4v) is 4.92. The highest BCUT2D eigenvalue weighted by atomic mass is 32.2. The van der Waals surface area contributed by atoms with Gasteiger partial charge in [0.25, 0.3) is 0 Å². The summed E-state index contributed by atoms with van der Waals surface area (Å²) in [5.41, 5.74) is 1.93. The summed E-state index contributed by atoms with van der Waals surface area (Å²) in [6.45, 7) is 10.9. The Hall–Kier alpha value is -1.99. The quantitative estimate of drug-likeness (QED) is 0.780. The number of aryl methyl sites for hydroxylation is 2. The topological polar surface area (TPSA) is 72.4 Å². The molecule has 1 saturated heterocycles. The molecule has 2 heterocycles. The van der Waals surface area contributed by atoms with Crippen molar-refractivity contribution in [2.24, 2.45) is 0 Å². The smallest absolute Gasteiger partial charge is 0.243 e. The summed E-state index contributed by atoms with van der Waals surface area (Å²) >= 11 is 0. The van der Waals surface area contributed by atoms with Gasteiger partial charge in [-0.1, -0.05) is 32.9 Å². The van der Waals surface area contributed by atoms with Crippen LogP contribution in [0.5, 0.6) is 5.88 Å². The van der Waals surface area contributed by atoms with Crippen LogP contribution in [0.25, 0.3) is 0 Å². The molecule has 7 heteroatoms. The largest absolute Gasteiger partial charge is 0.473 e. The van der Waals surface area contributed by atoms with E-state index in [-0.39, 0.29) is 11.5 Å². The highest BCUT2D eigenvalue weighted by molar-refractivity contribution is 7.89. The van der Waals surface area contributed by atoms with Crippen molar-refractivity contribution in [3.63, 3.8) is 0 Å². The van der Waals surface area contributed by atoms with Gasteiger partial charge < -0.3 is 4.74 Å². The Kier molecular flexibility index (Phi) is 5.77. The standard InChI is InChI=1S/C21H29N3O3S/c1-15-13-20(23-16(2)22-15)27-18-7-6-12-24(14-18)28(25,26)19-10-8-17(9-11-19)21(3,4)5/h8-11,13,18H,6-7,12,14H2,1-5H3. The zero-order valence-electron chi connectivity index (χ0n) is 17.3. The normalized spacial score (nSPS) is 18.8. The SMILES string of the molecule is Cc1cc(OC2CCCN(S(=O)(=O)c3ccc(C(C)(C)C)cc3)C2)nc(C)n1. The maximum absolute atomic E-state index is 13.1. The van der Waals surface area contributed by atoms with Crippen molar-refractivity contribution < 1.29 is 13.2 Å². The van der Waals surface area contributed by atoms with Crippen LogP contribution in [-0.4, -0.2) is 41.9 Å². The highest BCUT2D eigenvalue weighted by Gasteiger charge is 2.31. The van der Waals surface area contributed by atoms with E-state index in [9.17, 15) is 8.42 Å². The van der Waals surface area contributed by atoms with E-state index in [1.165, 1.54) is 4.31 Å². The second kappa shape index (κ2) is 7.79. The van der Waals surface area contributed by atoms with Crippen LogP contribution in [0.15, 0.2) is 35.2 Å². The third-order valence-electron chi connectivity index (χ3n) is 4.93. The molecule has 1 aromatic heterocycles. The average molecular weight is 404 g/mol. The van der Waals surface area contributed by atoms with E-state index in [1.807, 2.05) is 26.0 Å². The van der Waals surface area contributed by atoms with Gasteiger partial charge in [-0.05, 0) is 49.8 Å². The Labute approximate surface area is 168 Å². The number of sulfonamides is 1. The molecule has 0 N–H and O–H groups in total. The van der Waals surface area contributed by atoms with Crippen molar-refractivity contribution in [3.05, 3.63) is 47.4 Å². The van der Waals surface area contributed by atoms with Crippen LogP contribution >= 0.6 is 0 Å². The lowest BCUT2D eigenvalue weighted by atomic mass is 9.87. The van der Waals surface area contributed by atoms with E-state index >= 15 is 0 Å². The first-order valence-electron chi connectivity index (χ1n) is 9.65. The molecule has 1 atom stereocenters. The molecular formula is C21H29N3O3S. The number of hydrogen-bond donors (Lipinski definition) is 0. The number of nitrogens with zero attached hydrogens (tertiary/aromatic N) is 3. The Morgan fingerprint density at radius 3 is 2.39 bits per heavy atom.